The molecule has 0 aliphatic heterocycles. The summed E-state index contributed by atoms with van der Waals surface area (Å²) in [6, 6.07) is 7.38. The van der Waals surface area contributed by atoms with Crippen LogP contribution in [-0.2, 0) is 24.3 Å². The third-order valence-electron chi connectivity index (χ3n) is 3.48. The van der Waals surface area contributed by atoms with Gasteiger partial charge in [0.05, 0.1) is 17.3 Å². The van der Waals surface area contributed by atoms with Gasteiger partial charge in [0, 0.05) is 31.0 Å². The summed E-state index contributed by atoms with van der Waals surface area (Å²) in [6.45, 7) is 1.38. The normalized spacial score (nSPS) is 14.6. The number of rotatable bonds is 7. The number of nitrogens with one attached hydrogen (secondary N) is 1. The van der Waals surface area contributed by atoms with Crippen molar-refractivity contribution in [3.63, 3.8) is 0 Å². The first-order valence-corrected chi connectivity index (χ1v) is 8.00. The average molecular weight is 306 g/mol. The molecular formula is C16H19FN2OS. The van der Waals surface area contributed by atoms with Crippen LogP contribution in [0.1, 0.15) is 34.0 Å². The smallest absolute Gasteiger partial charge is 0.123 e. The SMILES string of the molecule is COCc1nc(Cc2cccc(F)c2)sc1CNC1CC1. The van der Waals surface area contributed by atoms with Gasteiger partial charge in [-0.25, -0.2) is 9.37 Å². The number of hydrogen-bond donors (Lipinski definition) is 1. The second-order valence-corrected chi connectivity index (χ2v) is 6.54. The molecule has 3 nitrogen and oxygen atoms in total. The molecule has 1 aromatic heterocycles. The minimum absolute atomic E-state index is 0.197. The van der Waals surface area contributed by atoms with Crippen LogP contribution in [0.5, 0.6) is 0 Å². The quantitative estimate of drug-likeness (QED) is 0.852. The fourth-order valence-electron chi connectivity index (χ4n) is 2.25. The molecule has 0 saturated heterocycles. The van der Waals surface area contributed by atoms with Crippen molar-refractivity contribution in [2.24, 2.45) is 0 Å². The van der Waals surface area contributed by atoms with Crippen molar-refractivity contribution in [2.45, 2.75) is 38.5 Å². The second kappa shape index (κ2) is 6.64. The van der Waals surface area contributed by atoms with Gasteiger partial charge in [-0.1, -0.05) is 12.1 Å². The Labute approximate surface area is 128 Å². The first kappa shape index (κ1) is 14.6. The van der Waals surface area contributed by atoms with Crippen molar-refractivity contribution in [2.75, 3.05) is 7.11 Å². The van der Waals surface area contributed by atoms with Gasteiger partial charge < -0.3 is 10.1 Å². The van der Waals surface area contributed by atoms with Crippen LogP contribution in [0.25, 0.3) is 0 Å². The molecule has 0 amide bonds. The van der Waals surface area contributed by atoms with Crippen molar-refractivity contribution in [3.8, 4) is 0 Å². The van der Waals surface area contributed by atoms with Crippen LogP contribution in [0.4, 0.5) is 4.39 Å². The van der Waals surface area contributed by atoms with E-state index < -0.39 is 0 Å². The van der Waals surface area contributed by atoms with Crippen molar-refractivity contribution in [1.82, 2.24) is 10.3 Å². The number of ether oxygens (including phenoxy) is 1. The lowest BCUT2D eigenvalue weighted by atomic mass is 10.1. The van der Waals surface area contributed by atoms with Crippen molar-refractivity contribution in [1.29, 1.82) is 0 Å². The van der Waals surface area contributed by atoms with Gasteiger partial charge in [0.15, 0.2) is 0 Å². The van der Waals surface area contributed by atoms with Crippen LogP contribution < -0.4 is 5.32 Å². The first-order chi connectivity index (χ1) is 10.2. The molecule has 21 heavy (non-hydrogen) atoms. The maximum atomic E-state index is 13.2. The average Bonchev–Trinajstić information content (AvgIpc) is 3.20. The molecule has 1 aliphatic carbocycles. The maximum absolute atomic E-state index is 13.2. The number of hydrogen-bond acceptors (Lipinski definition) is 4. The van der Waals surface area contributed by atoms with E-state index >= 15 is 0 Å². The van der Waals surface area contributed by atoms with E-state index in [4.69, 9.17) is 4.74 Å². The van der Waals surface area contributed by atoms with Gasteiger partial charge in [0.25, 0.3) is 0 Å². The minimum Gasteiger partial charge on any atom is -0.378 e. The number of halogens is 1. The van der Waals surface area contributed by atoms with Crippen molar-refractivity contribution < 1.29 is 9.13 Å². The van der Waals surface area contributed by atoms with Gasteiger partial charge in [-0.3, -0.25) is 0 Å². The highest BCUT2D eigenvalue weighted by molar-refractivity contribution is 7.11. The van der Waals surface area contributed by atoms with Gasteiger partial charge in [-0.05, 0) is 30.5 Å². The summed E-state index contributed by atoms with van der Waals surface area (Å²) in [5.41, 5.74) is 1.96. The molecule has 0 unspecified atom stereocenters. The topological polar surface area (TPSA) is 34.1 Å². The van der Waals surface area contributed by atoms with E-state index in [1.165, 1.54) is 23.8 Å². The summed E-state index contributed by atoms with van der Waals surface area (Å²) < 4.78 is 18.5. The molecule has 1 N–H and O–H groups in total. The van der Waals surface area contributed by atoms with Gasteiger partial charge in [0.2, 0.25) is 0 Å². The fourth-order valence-corrected chi connectivity index (χ4v) is 3.30. The third kappa shape index (κ3) is 4.09. The lowest BCUT2D eigenvalue weighted by molar-refractivity contribution is 0.181. The Kier molecular flexibility index (Phi) is 4.63. The van der Waals surface area contributed by atoms with E-state index in [9.17, 15) is 4.39 Å². The van der Waals surface area contributed by atoms with E-state index in [2.05, 4.69) is 10.3 Å². The van der Waals surface area contributed by atoms with Crippen LogP contribution in [0.3, 0.4) is 0 Å². The highest BCUT2D eigenvalue weighted by Crippen LogP contribution is 2.25. The monoisotopic (exact) mass is 306 g/mol. The van der Waals surface area contributed by atoms with E-state index in [1.807, 2.05) is 6.07 Å². The summed E-state index contributed by atoms with van der Waals surface area (Å²) in [7, 11) is 1.68. The van der Waals surface area contributed by atoms with E-state index in [0.717, 1.165) is 22.8 Å². The fraction of sp³-hybridized carbons (Fsp3) is 0.438. The molecule has 3 rings (SSSR count). The summed E-state index contributed by atoms with van der Waals surface area (Å²) in [5, 5.41) is 4.53. The Hall–Kier alpha value is -1.30. The molecule has 1 aromatic carbocycles. The van der Waals surface area contributed by atoms with Crippen LogP contribution in [0, 0.1) is 5.82 Å². The Morgan fingerprint density at radius 3 is 3.00 bits per heavy atom. The zero-order chi connectivity index (χ0) is 14.7. The number of methoxy groups -OCH3 is 1. The van der Waals surface area contributed by atoms with Crippen LogP contribution in [0.2, 0.25) is 0 Å². The van der Waals surface area contributed by atoms with Crippen LogP contribution in [-0.4, -0.2) is 18.1 Å². The standard InChI is InChI=1S/C16H19FN2OS/c1-20-10-14-15(9-18-13-5-6-13)21-16(19-14)8-11-3-2-4-12(17)7-11/h2-4,7,13,18H,5-6,8-10H2,1H3. The summed E-state index contributed by atoms with van der Waals surface area (Å²) in [6.07, 6.45) is 3.21. The Morgan fingerprint density at radius 1 is 1.43 bits per heavy atom. The summed E-state index contributed by atoms with van der Waals surface area (Å²) in [5.74, 6) is -0.197. The number of aromatic nitrogens is 1. The Balaban J connectivity index is 1.73. The molecule has 0 bridgehead atoms. The Bertz CT molecular complexity index is 610. The molecule has 1 fully saturated rings. The highest BCUT2D eigenvalue weighted by Gasteiger charge is 2.21. The molecule has 5 heteroatoms. The zero-order valence-electron chi connectivity index (χ0n) is 12.1. The van der Waals surface area contributed by atoms with Gasteiger partial charge in [-0.2, -0.15) is 0 Å². The molecule has 0 radical (unpaired) electrons. The molecule has 0 atom stereocenters. The first-order valence-electron chi connectivity index (χ1n) is 7.19. The van der Waals surface area contributed by atoms with Gasteiger partial charge in [0.1, 0.15) is 5.82 Å². The highest BCUT2D eigenvalue weighted by atomic mass is 32.1. The molecule has 1 aliphatic rings. The largest absolute Gasteiger partial charge is 0.378 e. The van der Waals surface area contributed by atoms with Gasteiger partial charge >= 0.3 is 0 Å². The van der Waals surface area contributed by atoms with E-state index in [1.54, 1.807) is 30.6 Å². The van der Waals surface area contributed by atoms with Crippen molar-refractivity contribution >= 4 is 11.3 Å². The van der Waals surface area contributed by atoms with Crippen LogP contribution >= 0.6 is 11.3 Å². The lowest BCUT2D eigenvalue weighted by Gasteiger charge is -2.02. The summed E-state index contributed by atoms with van der Waals surface area (Å²) in [4.78, 5) is 5.89. The lowest BCUT2D eigenvalue weighted by Crippen LogP contribution is -2.15. The second-order valence-electron chi connectivity index (χ2n) is 5.37. The molecule has 1 heterocycles. The molecular weight excluding hydrogens is 287 g/mol. The molecule has 112 valence electrons. The third-order valence-corrected chi connectivity index (χ3v) is 4.57. The summed E-state index contributed by atoms with van der Waals surface area (Å²) >= 11 is 1.69. The minimum atomic E-state index is -0.197. The van der Waals surface area contributed by atoms with Crippen molar-refractivity contribution in [3.05, 3.63) is 51.2 Å². The van der Waals surface area contributed by atoms with E-state index in [-0.39, 0.29) is 5.82 Å². The van der Waals surface area contributed by atoms with Crippen LogP contribution in [0.15, 0.2) is 24.3 Å². The zero-order valence-corrected chi connectivity index (χ0v) is 12.9. The Morgan fingerprint density at radius 2 is 2.29 bits per heavy atom. The number of nitrogens with zero attached hydrogens (tertiary/aromatic N) is 1. The maximum Gasteiger partial charge on any atom is 0.123 e. The molecule has 0 spiro atoms. The van der Waals surface area contributed by atoms with E-state index in [0.29, 0.717) is 19.1 Å². The molecule has 1 saturated carbocycles. The predicted octanol–water partition coefficient (Wildman–Crippen LogP) is 3.27. The van der Waals surface area contributed by atoms with Gasteiger partial charge in [-0.15, -0.1) is 11.3 Å². The number of thiazole rings is 1. The number of benzene rings is 1. The molecule has 2 aromatic rings. The predicted molar refractivity (Wildman–Crippen MR) is 81.9 cm³/mol.